The molecular weight excluding hydrogens is 398 g/mol. The molecule has 0 fully saturated rings. The first-order valence-corrected chi connectivity index (χ1v) is 8.16. The molecule has 2 aromatic rings. The van der Waals surface area contributed by atoms with Gasteiger partial charge in [-0.25, -0.2) is 0 Å². The second-order valence-corrected chi connectivity index (χ2v) is 6.58. The first-order chi connectivity index (χ1) is 11.3. The molecule has 0 aliphatic heterocycles. The molecule has 0 bridgehead atoms. The van der Waals surface area contributed by atoms with Gasteiger partial charge in [0.1, 0.15) is 0 Å². The number of amides is 1. The van der Waals surface area contributed by atoms with E-state index in [0.717, 1.165) is 15.7 Å². The Balaban J connectivity index is 2.07. The summed E-state index contributed by atoms with van der Waals surface area (Å²) >= 11 is 9.45. The number of halogens is 2. The molecular formula is C16H15BrClN3O3. The molecule has 0 aliphatic carbocycles. The van der Waals surface area contributed by atoms with Gasteiger partial charge in [0.15, 0.2) is 0 Å². The zero-order chi connectivity index (χ0) is 17.9. The van der Waals surface area contributed by atoms with Crippen molar-refractivity contribution in [3.05, 3.63) is 61.6 Å². The highest BCUT2D eigenvalue weighted by Crippen LogP contribution is 2.29. The number of anilines is 2. The van der Waals surface area contributed by atoms with Crippen LogP contribution in [0.4, 0.5) is 17.1 Å². The highest BCUT2D eigenvalue weighted by atomic mass is 79.9. The minimum absolute atomic E-state index is 0.0625. The SMILES string of the molecule is Cc1cc(Br)ccc1NC(=O)CN(C)c1ccc([N+](=O)[O-])cc1Cl. The number of benzene rings is 2. The number of rotatable bonds is 5. The van der Waals surface area contributed by atoms with E-state index in [1.165, 1.54) is 18.2 Å². The molecule has 0 aliphatic rings. The molecule has 0 unspecified atom stereocenters. The Labute approximate surface area is 152 Å². The first-order valence-electron chi connectivity index (χ1n) is 6.99. The third-order valence-corrected chi connectivity index (χ3v) is 4.19. The van der Waals surface area contributed by atoms with E-state index in [1.54, 1.807) is 11.9 Å². The molecule has 0 atom stereocenters. The molecule has 0 radical (unpaired) electrons. The van der Waals surface area contributed by atoms with Crippen LogP contribution < -0.4 is 10.2 Å². The molecule has 126 valence electrons. The van der Waals surface area contributed by atoms with Crippen LogP contribution in [0.2, 0.25) is 5.02 Å². The van der Waals surface area contributed by atoms with Crippen molar-refractivity contribution in [3.63, 3.8) is 0 Å². The molecule has 1 amide bonds. The molecule has 2 rings (SSSR count). The van der Waals surface area contributed by atoms with Gasteiger partial charge in [-0.3, -0.25) is 14.9 Å². The molecule has 0 heterocycles. The number of hydrogen-bond donors (Lipinski definition) is 1. The maximum atomic E-state index is 12.2. The number of nitro benzene ring substituents is 1. The number of nitrogens with one attached hydrogen (secondary N) is 1. The third-order valence-electron chi connectivity index (χ3n) is 3.40. The fraction of sp³-hybridized carbons (Fsp3) is 0.188. The fourth-order valence-electron chi connectivity index (χ4n) is 2.18. The first kappa shape index (κ1) is 18.2. The van der Waals surface area contributed by atoms with E-state index < -0.39 is 4.92 Å². The largest absolute Gasteiger partial charge is 0.364 e. The zero-order valence-corrected chi connectivity index (χ0v) is 15.4. The minimum atomic E-state index is -0.515. The van der Waals surface area contributed by atoms with Crippen molar-refractivity contribution < 1.29 is 9.72 Å². The van der Waals surface area contributed by atoms with Gasteiger partial charge in [0.25, 0.3) is 5.69 Å². The van der Waals surface area contributed by atoms with Gasteiger partial charge in [-0.2, -0.15) is 0 Å². The van der Waals surface area contributed by atoms with Gasteiger partial charge in [-0.1, -0.05) is 27.5 Å². The molecule has 8 heteroatoms. The Kier molecular flexibility index (Phi) is 5.80. The van der Waals surface area contributed by atoms with E-state index in [0.29, 0.717) is 5.69 Å². The Hall–Kier alpha value is -2.12. The normalized spacial score (nSPS) is 10.3. The van der Waals surface area contributed by atoms with Crippen LogP contribution in [-0.4, -0.2) is 24.4 Å². The van der Waals surface area contributed by atoms with Gasteiger partial charge < -0.3 is 10.2 Å². The highest BCUT2D eigenvalue weighted by molar-refractivity contribution is 9.10. The van der Waals surface area contributed by atoms with Crippen LogP contribution >= 0.6 is 27.5 Å². The molecule has 0 saturated carbocycles. The van der Waals surface area contributed by atoms with Crippen molar-refractivity contribution in [2.75, 3.05) is 23.8 Å². The lowest BCUT2D eigenvalue weighted by Crippen LogP contribution is -2.30. The van der Waals surface area contributed by atoms with E-state index in [-0.39, 0.29) is 23.2 Å². The van der Waals surface area contributed by atoms with E-state index in [4.69, 9.17) is 11.6 Å². The van der Waals surface area contributed by atoms with Crippen LogP contribution in [0.25, 0.3) is 0 Å². The van der Waals surface area contributed by atoms with Crippen molar-refractivity contribution in [1.29, 1.82) is 0 Å². The number of carbonyl (C=O) groups excluding carboxylic acids is 1. The van der Waals surface area contributed by atoms with Crippen molar-refractivity contribution in [3.8, 4) is 0 Å². The summed E-state index contributed by atoms with van der Waals surface area (Å²) < 4.78 is 0.938. The number of carbonyl (C=O) groups is 1. The summed E-state index contributed by atoms with van der Waals surface area (Å²) in [5.74, 6) is -0.211. The Morgan fingerprint density at radius 1 is 1.33 bits per heavy atom. The van der Waals surface area contributed by atoms with Gasteiger partial charge >= 0.3 is 0 Å². The zero-order valence-electron chi connectivity index (χ0n) is 13.0. The lowest BCUT2D eigenvalue weighted by atomic mass is 10.2. The summed E-state index contributed by atoms with van der Waals surface area (Å²) in [6.45, 7) is 1.96. The molecule has 1 N–H and O–H groups in total. The van der Waals surface area contributed by atoms with Crippen LogP contribution in [-0.2, 0) is 4.79 Å². The second kappa shape index (κ2) is 7.63. The van der Waals surface area contributed by atoms with Gasteiger partial charge in [-0.05, 0) is 36.8 Å². The summed E-state index contributed by atoms with van der Waals surface area (Å²) in [4.78, 5) is 24.1. The summed E-state index contributed by atoms with van der Waals surface area (Å²) in [6.07, 6.45) is 0. The number of hydrogen-bond acceptors (Lipinski definition) is 4. The van der Waals surface area contributed by atoms with E-state index >= 15 is 0 Å². The average molecular weight is 413 g/mol. The Morgan fingerprint density at radius 2 is 2.04 bits per heavy atom. The second-order valence-electron chi connectivity index (χ2n) is 5.26. The van der Waals surface area contributed by atoms with Crippen LogP contribution in [0.5, 0.6) is 0 Å². The van der Waals surface area contributed by atoms with E-state index in [1.807, 2.05) is 25.1 Å². The number of non-ortho nitro benzene ring substituents is 1. The van der Waals surface area contributed by atoms with Crippen LogP contribution in [0.1, 0.15) is 5.56 Å². The third kappa shape index (κ3) is 4.46. The van der Waals surface area contributed by atoms with Crippen molar-refractivity contribution in [2.45, 2.75) is 6.92 Å². The highest BCUT2D eigenvalue weighted by Gasteiger charge is 2.15. The topological polar surface area (TPSA) is 75.5 Å². The van der Waals surface area contributed by atoms with Gasteiger partial charge in [-0.15, -0.1) is 0 Å². The van der Waals surface area contributed by atoms with Crippen LogP contribution in [0, 0.1) is 17.0 Å². The van der Waals surface area contributed by atoms with Gasteiger partial charge in [0.05, 0.1) is 22.2 Å². The van der Waals surface area contributed by atoms with Crippen molar-refractivity contribution >= 4 is 50.5 Å². The summed E-state index contributed by atoms with van der Waals surface area (Å²) in [7, 11) is 1.70. The summed E-state index contributed by atoms with van der Waals surface area (Å²) in [5, 5.41) is 13.8. The van der Waals surface area contributed by atoms with Gasteiger partial charge in [0.2, 0.25) is 5.91 Å². The number of likely N-dealkylation sites (N-methyl/N-ethyl adjacent to an activating group) is 1. The van der Waals surface area contributed by atoms with Crippen LogP contribution in [0.3, 0.4) is 0 Å². The quantitative estimate of drug-likeness (QED) is 0.583. The monoisotopic (exact) mass is 411 g/mol. The van der Waals surface area contributed by atoms with E-state index in [9.17, 15) is 14.9 Å². The predicted molar refractivity (Wildman–Crippen MR) is 98.9 cm³/mol. The predicted octanol–water partition coefficient (Wildman–Crippen LogP) is 4.39. The fourth-order valence-corrected chi connectivity index (χ4v) is 2.97. The molecule has 2 aromatic carbocycles. The summed E-state index contributed by atoms with van der Waals surface area (Å²) in [6, 6.07) is 9.72. The van der Waals surface area contributed by atoms with Crippen LogP contribution in [0.15, 0.2) is 40.9 Å². The molecule has 0 aromatic heterocycles. The maximum Gasteiger partial charge on any atom is 0.271 e. The number of aryl methyl sites for hydroxylation is 1. The maximum absolute atomic E-state index is 12.2. The lowest BCUT2D eigenvalue weighted by Gasteiger charge is -2.20. The van der Waals surface area contributed by atoms with Crippen molar-refractivity contribution in [1.82, 2.24) is 0 Å². The Bertz CT molecular complexity index is 798. The number of nitro groups is 1. The standard InChI is InChI=1S/C16H15BrClN3O3/c1-10-7-11(17)3-5-14(10)19-16(22)9-20(2)15-6-4-12(21(23)24)8-13(15)18/h3-8H,9H2,1-2H3,(H,19,22). The lowest BCUT2D eigenvalue weighted by molar-refractivity contribution is -0.384. The summed E-state index contributed by atoms with van der Waals surface area (Å²) in [5.41, 5.74) is 2.12. The van der Waals surface area contributed by atoms with Crippen molar-refractivity contribution in [2.24, 2.45) is 0 Å². The molecule has 6 nitrogen and oxygen atoms in total. The number of nitrogens with zero attached hydrogens (tertiary/aromatic N) is 2. The van der Waals surface area contributed by atoms with E-state index in [2.05, 4.69) is 21.2 Å². The minimum Gasteiger partial charge on any atom is -0.364 e. The Morgan fingerprint density at radius 3 is 2.62 bits per heavy atom. The molecule has 24 heavy (non-hydrogen) atoms. The average Bonchev–Trinajstić information content (AvgIpc) is 2.49. The molecule has 0 saturated heterocycles. The van der Waals surface area contributed by atoms with Gasteiger partial charge in [0, 0.05) is 29.3 Å². The smallest absolute Gasteiger partial charge is 0.271 e. The molecule has 0 spiro atoms.